The second-order valence-electron chi connectivity index (χ2n) is 4.21. The molecule has 0 spiro atoms. The van der Waals surface area contributed by atoms with E-state index in [-0.39, 0.29) is 5.82 Å². The zero-order valence-electron chi connectivity index (χ0n) is 10.3. The average molecular weight is 256 g/mol. The van der Waals surface area contributed by atoms with Crippen molar-refractivity contribution in [1.82, 2.24) is 0 Å². The van der Waals surface area contributed by atoms with E-state index in [1.807, 2.05) is 35.2 Å². The van der Waals surface area contributed by atoms with Crippen LogP contribution in [0.2, 0.25) is 0 Å². The molecule has 1 aliphatic heterocycles. The third-order valence-corrected chi connectivity index (χ3v) is 2.95. The number of anilines is 1. The third kappa shape index (κ3) is 2.48. The lowest BCUT2D eigenvalue weighted by atomic mass is 10.1. The number of hydrogen-bond acceptors (Lipinski definition) is 3. The van der Waals surface area contributed by atoms with Gasteiger partial charge in [-0.15, -0.1) is 0 Å². The van der Waals surface area contributed by atoms with Crippen LogP contribution in [0.3, 0.4) is 0 Å². The van der Waals surface area contributed by atoms with Crippen LogP contribution < -0.4 is 4.90 Å². The molecule has 0 unspecified atom stereocenters. The minimum Gasteiger partial charge on any atom is -0.339 e. The van der Waals surface area contributed by atoms with Gasteiger partial charge in [0.1, 0.15) is 25.1 Å². The van der Waals surface area contributed by atoms with E-state index in [4.69, 9.17) is 4.74 Å². The second-order valence-corrected chi connectivity index (χ2v) is 4.21. The summed E-state index contributed by atoms with van der Waals surface area (Å²) in [5.41, 5.74) is 1.89. The first-order chi connectivity index (χ1) is 9.34. The number of benzene rings is 2. The first-order valence-electron chi connectivity index (χ1n) is 6.05. The molecule has 0 aliphatic carbocycles. The molecule has 0 fully saturated rings. The SMILES string of the molecule is Fc1ccc(N2COCN=C2c2ccccc2)cc1. The molecule has 0 saturated carbocycles. The molecule has 0 N–H and O–H groups in total. The maximum absolute atomic E-state index is 13.0. The van der Waals surface area contributed by atoms with Crippen LogP contribution in [0.5, 0.6) is 0 Å². The molecule has 4 heteroatoms. The predicted octanol–water partition coefficient (Wildman–Crippen LogP) is 3.02. The van der Waals surface area contributed by atoms with Crippen molar-refractivity contribution in [1.29, 1.82) is 0 Å². The fraction of sp³-hybridized carbons (Fsp3) is 0.133. The molecule has 2 aromatic rings. The first-order valence-corrected chi connectivity index (χ1v) is 6.05. The molecular weight excluding hydrogens is 243 g/mol. The zero-order chi connectivity index (χ0) is 13.1. The van der Waals surface area contributed by atoms with Gasteiger partial charge in [0, 0.05) is 11.3 Å². The van der Waals surface area contributed by atoms with Gasteiger partial charge in [0.2, 0.25) is 0 Å². The minimum atomic E-state index is -0.250. The zero-order valence-corrected chi connectivity index (χ0v) is 10.3. The Morgan fingerprint density at radius 3 is 2.47 bits per heavy atom. The average Bonchev–Trinajstić information content (AvgIpc) is 2.49. The van der Waals surface area contributed by atoms with Gasteiger partial charge in [-0.2, -0.15) is 0 Å². The van der Waals surface area contributed by atoms with Gasteiger partial charge in [0.25, 0.3) is 0 Å². The highest BCUT2D eigenvalue weighted by Crippen LogP contribution is 2.20. The van der Waals surface area contributed by atoms with E-state index in [1.54, 1.807) is 12.1 Å². The Balaban J connectivity index is 1.97. The summed E-state index contributed by atoms with van der Waals surface area (Å²) in [5, 5.41) is 0. The Kier molecular flexibility index (Phi) is 3.25. The summed E-state index contributed by atoms with van der Waals surface area (Å²) in [4.78, 5) is 6.34. The first kappa shape index (κ1) is 11.9. The maximum atomic E-state index is 13.0. The standard InChI is InChI=1S/C15H13FN2O/c16-13-6-8-14(9-7-13)18-11-19-10-17-15(18)12-4-2-1-3-5-12/h1-9H,10-11H2. The molecule has 1 heterocycles. The van der Waals surface area contributed by atoms with Crippen molar-refractivity contribution in [2.45, 2.75) is 0 Å². The van der Waals surface area contributed by atoms with E-state index in [0.717, 1.165) is 17.1 Å². The summed E-state index contributed by atoms with van der Waals surface area (Å²) < 4.78 is 18.4. The summed E-state index contributed by atoms with van der Waals surface area (Å²) in [6.07, 6.45) is 0. The Morgan fingerprint density at radius 2 is 1.74 bits per heavy atom. The molecule has 0 radical (unpaired) electrons. The highest BCUT2D eigenvalue weighted by Gasteiger charge is 2.18. The summed E-state index contributed by atoms with van der Waals surface area (Å²) in [6, 6.07) is 16.2. The van der Waals surface area contributed by atoms with Gasteiger partial charge in [-0.25, -0.2) is 9.38 Å². The molecule has 1 aliphatic rings. The van der Waals surface area contributed by atoms with Crippen molar-refractivity contribution in [3.8, 4) is 0 Å². The van der Waals surface area contributed by atoms with Crippen molar-refractivity contribution in [3.05, 3.63) is 66.0 Å². The van der Waals surface area contributed by atoms with Gasteiger partial charge in [0.15, 0.2) is 0 Å². The lowest BCUT2D eigenvalue weighted by molar-refractivity contribution is 0.141. The van der Waals surface area contributed by atoms with Crippen LogP contribution in [0.15, 0.2) is 59.6 Å². The topological polar surface area (TPSA) is 24.8 Å². The Hall–Kier alpha value is -2.20. The van der Waals surface area contributed by atoms with Gasteiger partial charge >= 0.3 is 0 Å². The van der Waals surface area contributed by atoms with Crippen LogP contribution in [0.4, 0.5) is 10.1 Å². The fourth-order valence-electron chi connectivity index (χ4n) is 2.04. The van der Waals surface area contributed by atoms with E-state index < -0.39 is 0 Å². The number of nitrogens with zero attached hydrogens (tertiary/aromatic N) is 2. The fourth-order valence-corrected chi connectivity index (χ4v) is 2.04. The summed E-state index contributed by atoms with van der Waals surface area (Å²) in [5.74, 6) is 0.596. The van der Waals surface area contributed by atoms with Crippen molar-refractivity contribution in [2.75, 3.05) is 18.4 Å². The summed E-state index contributed by atoms with van der Waals surface area (Å²) in [6.45, 7) is 0.765. The quantitative estimate of drug-likeness (QED) is 0.825. The molecule has 3 rings (SSSR count). The number of rotatable bonds is 2. The number of aliphatic imine (C=N–C) groups is 1. The number of halogens is 1. The Bertz CT molecular complexity index is 581. The lowest BCUT2D eigenvalue weighted by Crippen LogP contribution is -2.37. The number of ether oxygens (including phenoxy) is 1. The van der Waals surface area contributed by atoms with Crippen molar-refractivity contribution in [2.24, 2.45) is 4.99 Å². The summed E-state index contributed by atoms with van der Waals surface area (Å²) in [7, 11) is 0. The van der Waals surface area contributed by atoms with Crippen molar-refractivity contribution in [3.63, 3.8) is 0 Å². The van der Waals surface area contributed by atoms with Gasteiger partial charge in [0.05, 0.1) is 0 Å². The van der Waals surface area contributed by atoms with Crippen LogP contribution in [0, 0.1) is 5.82 Å². The van der Waals surface area contributed by atoms with E-state index in [0.29, 0.717) is 13.5 Å². The van der Waals surface area contributed by atoms with Crippen LogP contribution >= 0.6 is 0 Å². The third-order valence-electron chi connectivity index (χ3n) is 2.95. The number of hydrogen-bond donors (Lipinski definition) is 0. The van der Waals surface area contributed by atoms with Crippen LogP contribution in [0.25, 0.3) is 0 Å². The van der Waals surface area contributed by atoms with Gasteiger partial charge in [-0.05, 0) is 24.3 Å². The molecule has 2 aromatic carbocycles. The molecule has 3 nitrogen and oxygen atoms in total. The van der Waals surface area contributed by atoms with Crippen molar-refractivity contribution >= 4 is 11.5 Å². The predicted molar refractivity (Wildman–Crippen MR) is 72.7 cm³/mol. The molecular formula is C15H13FN2O. The molecule has 0 bridgehead atoms. The lowest BCUT2D eigenvalue weighted by Gasteiger charge is -2.29. The molecule has 0 amide bonds. The molecule has 19 heavy (non-hydrogen) atoms. The minimum absolute atomic E-state index is 0.250. The highest BCUT2D eigenvalue weighted by molar-refractivity contribution is 6.10. The maximum Gasteiger partial charge on any atom is 0.142 e. The Labute approximate surface area is 111 Å². The molecule has 96 valence electrons. The smallest absolute Gasteiger partial charge is 0.142 e. The normalized spacial score (nSPS) is 15.2. The van der Waals surface area contributed by atoms with E-state index in [2.05, 4.69) is 4.99 Å². The van der Waals surface area contributed by atoms with E-state index >= 15 is 0 Å². The molecule has 0 saturated heterocycles. The second kappa shape index (κ2) is 5.20. The van der Waals surface area contributed by atoms with Gasteiger partial charge < -0.3 is 9.64 Å². The van der Waals surface area contributed by atoms with Crippen LogP contribution in [0.1, 0.15) is 5.56 Å². The highest BCUT2D eigenvalue weighted by atomic mass is 19.1. The Morgan fingerprint density at radius 1 is 1.00 bits per heavy atom. The van der Waals surface area contributed by atoms with Crippen molar-refractivity contribution < 1.29 is 9.13 Å². The van der Waals surface area contributed by atoms with E-state index in [1.165, 1.54) is 12.1 Å². The van der Waals surface area contributed by atoms with Crippen LogP contribution in [-0.2, 0) is 4.74 Å². The van der Waals surface area contributed by atoms with Gasteiger partial charge in [-0.3, -0.25) is 0 Å². The van der Waals surface area contributed by atoms with Crippen LogP contribution in [-0.4, -0.2) is 19.3 Å². The summed E-state index contributed by atoms with van der Waals surface area (Å²) >= 11 is 0. The monoisotopic (exact) mass is 256 g/mol. The molecule has 0 aromatic heterocycles. The van der Waals surface area contributed by atoms with Gasteiger partial charge in [-0.1, -0.05) is 30.3 Å². The van der Waals surface area contributed by atoms with E-state index in [9.17, 15) is 4.39 Å². The molecule has 0 atom stereocenters. The largest absolute Gasteiger partial charge is 0.339 e. The number of amidine groups is 1.